The number of nitrogens with zero attached hydrogens (tertiary/aromatic N) is 1. The number of halogens is 1. The van der Waals surface area contributed by atoms with Crippen LogP contribution in [0.3, 0.4) is 0 Å². The summed E-state index contributed by atoms with van der Waals surface area (Å²) in [4.78, 5) is 15.5. The largest absolute Gasteiger partial charge is 0.337 e. The minimum atomic E-state index is -0.225. The maximum absolute atomic E-state index is 11.5. The fourth-order valence-corrected chi connectivity index (χ4v) is 2.45. The van der Waals surface area contributed by atoms with Gasteiger partial charge in [0.1, 0.15) is 0 Å². The predicted octanol–water partition coefficient (Wildman–Crippen LogP) is 3.27. The Bertz CT molecular complexity index is 516. The first-order valence-corrected chi connectivity index (χ1v) is 7.11. The van der Waals surface area contributed by atoms with Gasteiger partial charge in [-0.1, -0.05) is 34.1 Å². The molecule has 0 saturated carbocycles. The number of thiazole rings is 1. The summed E-state index contributed by atoms with van der Waals surface area (Å²) in [6.07, 6.45) is 2.44. The third kappa shape index (κ3) is 3.82. The minimum Gasteiger partial charge on any atom is -0.337 e. The van der Waals surface area contributed by atoms with Crippen LogP contribution in [0.5, 0.6) is 0 Å². The maximum Gasteiger partial charge on any atom is 0.321 e. The number of nitrogens with one attached hydrogen (secondary N) is 2. The number of urea groups is 1. The van der Waals surface area contributed by atoms with Crippen LogP contribution in [0.2, 0.25) is 0 Å². The lowest BCUT2D eigenvalue weighted by Crippen LogP contribution is -2.30. The number of benzene rings is 1. The standard InChI is InChI=1S/C12H12BrN3OS/c13-10-4-2-1-3-9(10)5-6-14-11(17)16-12-15-7-8-18-12/h1-4,7-8H,5-6H2,(H2,14,15,16,17). The molecule has 4 nitrogen and oxygen atoms in total. The summed E-state index contributed by atoms with van der Waals surface area (Å²) in [5, 5.41) is 7.88. The number of anilines is 1. The van der Waals surface area contributed by atoms with Crippen molar-refractivity contribution in [1.29, 1.82) is 0 Å². The van der Waals surface area contributed by atoms with Gasteiger partial charge in [-0.3, -0.25) is 5.32 Å². The van der Waals surface area contributed by atoms with E-state index < -0.39 is 0 Å². The Morgan fingerprint density at radius 1 is 1.39 bits per heavy atom. The lowest BCUT2D eigenvalue weighted by Gasteiger charge is -2.06. The summed E-state index contributed by atoms with van der Waals surface area (Å²) in [5.41, 5.74) is 1.17. The smallest absolute Gasteiger partial charge is 0.321 e. The zero-order valence-electron chi connectivity index (χ0n) is 9.52. The van der Waals surface area contributed by atoms with Gasteiger partial charge in [0, 0.05) is 22.6 Å². The molecule has 1 aromatic heterocycles. The van der Waals surface area contributed by atoms with Crippen molar-refractivity contribution < 1.29 is 4.79 Å². The zero-order chi connectivity index (χ0) is 12.8. The van der Waals surface area contributed by atoms with Crippen molar-refractivity contribution >= 4 is 38.4 Å². The molecule has 0 aliphatic heterocycles. The van der Waals surface area contributed by atoms with Gasteiger partial charge in [-0.15, -0.1) is 11.3 Å². The van der Waals surface area contributed by atoms with E-state index in [2.05, 4.69) is 31.5 Å². The molecule has 0 unspecified atom stereocenters. The molecule has 0 aliphatic carbocycles. The van der Waals surface area contributed by atoms with E-state index in [-0.39, 0.29) is 6.03 Å². The maximum atomic E-state index is 11.5. The molecule has 94 valence electrons. The number of aromatic nitrogens is 1. The van der Waals surface area contributed by atoms with Crippen LogP contribution in [0.25, 0.3) is 0 Å². The second-order valence-corrected chi connectivity index (χ2v) is 5.31. The number of carbonyl (C=O) groups is 1. The van der Waals surface area contributed by atoms with E-state index in [1.807, 2.05) is 29.6 Å². The summed E-state index contributed by atoms with van der Waals surface area (Å²) in [6.45, 7) is 0.583. The molecule has 18 heavy (non-hydrogen) atoms. The number of amides is 2. The lowest BCUT2D eigenvalue weighted by molar-refractivity contribution is 0.252. The number of rotatable bonds is 4. The lowest BCUT2D eigenvalue weighted by atomic mass is 10.1. The Morgan fingerprint density at radius 3 is 2.94 bits per heavy atom. The van der Waals surface area contributed by atoms with Gasteiger partial charge >= 0.3 is 6.03 Å². The van der Waals surface area contributed by atoms with Crippen molar-refractivity contribution in [1.82, 2.24) is 10.3 Å². The number of hydrogen-bond donors (Lipinski definition) is 2. The molecule has 1 heterocycles. The van der Waals surface area contributed by atoms with Crippen molar-refractivity contribution in [2.45, 2.75) is 6.42 Å². The normalized spacial score (nSPS) is 10.1. The topological polar surface area (TPSA) is 54.0 Å². The van der Waals surface area contributed by atoms with E-state index in [1.165, 1.54) is 16.9 Å². The van der Waals surface area contributed by atoms with Gasteiger partial charge in [0.15, 0.2) is 5.13 Å². The van der Waals surface area contributed by atoms with Crippen LogP contribution >= 0.6 is 27.3 Å². The van der Waals surface area contributed by atoms with Gasteiger partial charge in [0.05, 0.1) is 0 Å². The SMILES string of the molecule is O=C(NCCc1ccccc1Br)Nc1nccs1. The Balaban J connectivity index is 1.75. The van der Waals surface area contributed by atoms with Crippen molar-refractivity contribution in [3.05, 3.63) is 45.9 Å². The molecule has 2 amide bonds. The van der Waals surface area contributed by atoms with Crippen molar-refractivity contribution in [2.75, 3.05) is 11.9 Å². The first kappa shape index (κ1) is 13.0. The molecule has 1 aromatic carbocycles. The Labute approximate surface area is 118 Å². The van der Waals surface area contributed by atoms with Crippen LogP contribution in [-0.2, 0) is 6.42 Å². The van der Waals surface area contributed by atoms with Gasteiger partial charge in [0.2, 0.25) is 0 Å². The van der Waals surface area contributed by atoms with Crippen LogP contribution in [0, 0.1) is 0 Å². The third-order valence-electron chi connectivity index (χ3n) is 2.29. The molecule has 2 rings (SSSR count). The summed E-state index contributed by atoms with van der Waals surface area (Å²) in [5.74, 6) is 0. The van der Waals surface area contributed by atoms with Crippen LogP contribution < -0.4 is 10.6 Å². The summed E-state index contributed by atoms with van der Waals surface area (Å²) in [7, 11) is 0. The second kappa shape index (κ2) is 6.51. The first-order chi connectivity index (χ1) is 8.75. The predicted molar refractivity (Wildman–Crippen MR) is 77.0 cm³/mol. The van der Waals surface area contributed by atoms with Gasteiger partial charge in [0.25, 0.3) is 0 Å². The minimum absolute atomic E-state index is 0.225. The molecule has 0 saturated heterocycles. The van der Waals surface area contributed by atoms with Gasteiger partial charge in [-0.05, 0) is 18.1 Å². The van der Waals surface area contributed by atoms with Crippen LogP contribution in [-0.4, -0.2) is 17.6 Å². The number of hydrogen-bond acceptors (Lipinski definition) is 3. The van der Waals surface area contributed by atoms with E-state index >= 15 is 0 Å². The van der Waals surface area contributed by atoms with E-state index in [9.17, 15) is 4.79 Å². The Kier molecular flexibility index (Phi) is 4.72. The van der Waals surface area contributed by atoms with Crippen molar-refractivity contribution in [3.63, 3.8) is 0 Å². The molecule has 0 aliphatic rings. The van der Waals surface area contributed by atoms with E-state index in [1.54, 1.807) is 6.20 Å². The van der Waals surface area contributed by atoms with Gasteiger partial charge < -0.3 is 5.32 Å². The molecule has 0 spiro atoms. The van der Waals surface area contributed by atoms with E-state index in [4.69, 9.17) is 0 Å². The summed E-state index contributed by atoms with van der Waals surface area (Å²) in [6, 6.07) is 7.75. The third-order valence-corrected chi connectivity index (χ3v) is 3.75. The highest BCUT2D eigenvalue weighted by molar-refractivity contribution is 9.10. The van der Waals surface area contributed by atoms with Crippen LogP contribution in [0.4, 0.5) is 9.93 Å². The first-order valence-electron chi connectivity index (χ1n) is 5.43. The molecule has 2 N–H and O–H groups in total. The van der Waals surface area contributed by atoms with Crippen LogP contribution in [0.1, 0.15) is 5.56 Å². The molecule has 6 heteroatoms. The second-order valence-electron chi connectivity index (χ2n) is 3.56. The molecule has 0 atom stereocenters. The molecule has 0 fully saturated rings. The molecule has 0 radical (unpaired) electrons. The van der Waals surface area contributed by atoms with E-state index in [0.717, 1.165) is 10.9 Å². The average molecular weight is 326 g/mol. The van der Waals surface area contributed by atoms with Crippen LogP contribution in [0.15, 0.2) is 40.3 Å². The van der Waals surface area contributed by atoms with Gasteiger partial charge in [-0.25, -0.2) is 9.78 Å². The van der Waals surface area contributed by atoms with Gasteiger partial charge in [-0.2, -0.15) is 0 Å². The van der Waals surface area contributed by atoms with E-state index in [0.29, 0.717) is 11.7 Å². The highest BCUT2D eigenvalue weighted by Gasteiger charge is 2.03. The molecular weight excluding hydrogens is 314 g/mol. The fourth-order valence-electron chi connectivity index (χ4n) is 1.44. The highest BCUT2D eigenvalue weighted by Crippen LogP contribution is 2.15. The average Bonchev–Trinajstić information content (AvgIpc) is 2.84. The molecule has 2 aromatic rings. The number of carbonyl (C=O) groups excluding carboxylic acids is 1. The quantitative estimate of drug-likeness (QED) is 0.906. The monoisotopic (exact) mass is 325 g/mol. The van der Waals surface area contributed by atoms with Crippen molar-refractivity contribution in [3.8, 4) is 0 Å². The Morgan fingerprint density at radius 2 is 2.22 bits per heavy atom. The summed E-state index contributed by atoms with van der Waals surface area (Å²) < 4.78 is 1.06. The fraction of sp³-hybridized carbons (Fsp3) is 0.167. The zero-order valence-corrected chi connectivity index (χ0v) is 11.9. The van der Waals surface area contributed by atoms with Crippen molar-refractivity contribution in [2.24, 2.45) is 0 Å². The molecule has 0 bridgehead atoms. The summed E-state index contributed by atoms with van der Waals surface area (Å²) >= 11 is 4.87. The Hall–Kier alpha value is -1.40. The molecular formula is C12H12BrN3OS. The highest BCUT2D eigenvalue weighted by atomic mass is 79.9.